The molecule has 0 saturated heterocycles. The second-order valence-electron chi connectivity index (χ2n) is 3.61. The van der Waals surface area contributed by atoms with Crippen LogP contribution in [-0.2, 0) is 6.54 Å². The number of benzene rings is 1. The van der Waals surface area contributed by atoms with Gasteiger partial charge < -0.3 is 15.8 Å². The SMILES string of the molecule is COc1cc(CNC(C)C)ccc1N. The lowest BCUT2D eigenvalue weighted by Gasteiger charge is -2.10. The van der Waals surface area contributed by atoms with Crippen LogP contribution in [0.1, 0.15) is 19.4 Å². The van der Waals surface area contributed by atoms with E-state index in [9.17, 15) is 0 Å². The van der Waals surface area contributed by atoms with Gasteiger partial charge in [-0.05, 0) is 17.7 Å². The number of hydrogen-bond acceptors (Lipinski definition) is 3. The van der Waals surface area contributed by atoms with Gasteiger partial charge in [0.05, 0.1) is 12.8 Å². The summed E-state index contributed by atoms with van der Waals surface area (Å²) in [6.07, 6.45) is 0. The maximum absolute atomic E-state index is 5.71. The van der Waals surface area contributed by atoms with Crippen LogP contribution in [-0.4, -0.2) is 13.2 Å². The summed E-state index contributed by atoms with van der Waals surface area (Å²) < 4.78 is 5.14. The Morgan fingerprint density at radius 2 is 2.14 bits per heavy atom. The topological polar surface area (TPSA) is 47.3 Å². The van der Waals surface area contributed by atoms with E-state index in [0.717, 1.165) is 12.3 Å². The number of rotatable bonds is 4. The van der Waals surface area contributed by atoms with Gasteiger partial charge in [-0.3, -0.25) is 0 Å². The van der Waals surface area contributed by atoms with Gasteiger partial charge in [-0.25, -0.2) is 0 Å². The summed E-state index contributed by atoms with van der Waals surface area (Å²) >= 11 is 0. The van der Waals surface area contributed by atoms with E-state index in [2.05, 4.69) is 19.2 Å². The molecule has 0 aliphatic heterocycles. The van der Waals surface area contributed by atoms with Gasteiger partial charge in [0.25, 0.3) is 0 Å². The number of nitrogen functional groups attached to an aromatic ring is 1. The van der Waals surface area contributed by atoms with E-state index in [-0.39, 0.29) is 0 Å². The largest absolute Gasteiger partial charge is 0.495 e. The second kappa shape index (κ2) is 4.86. The lowest BCUT2D eigenvalue weighted by atomic mass is 10.2. The van der Waals surface area contributed by atoms with Gasteiger partial charge in [0.15, 0.2) is 0 Å². The molecule has 78 valence electrons. The van der Waals surface area contributed by atoms with Gasteiger partial charge in [0.1, 0.15) is 5.75 Å². The van der Waals surface area contributed by atoms with E-state index in [4.69, 9.17) is 10.5 Å². The molecule has 1 aromatic carbocycles. The average molecular weight is 194 g/mol. The number of methoxy groups -OCH3 is 1. The summed E-state index contributed by atoms with van der Waals surface area (Å²) in [7, 11) is 1.63. The summed E-state index contributed by atoms with van der Waals surface area (Å²) in [5.74, 6) is 0.744. The molecule has 3 heteroatoms. The molecule has 0 aliphatic rings. The fraction of sp³-hybridized carbons (Fsp3) is 0.455. The molecular weight excluding hydrogens is 176 g/mol. The highest BCUT2D eigenvalue weighted by Gasteiger charge is 2.01. The van der Waals surface area contributed by atoms with Crippen LogP contribution in [0.4, 0.5) is 5.69 Å². The normalized spacial score (nSPS) is 10.6. The quantitative estimate of drug-likeness (QED) is 0.718. The highest BCUT2D eigenvalue weighted by molar-refractivity contribution is 5.53. The van der Waals surface area contributed by atoms with Crippen molar-refractivity contribution >= 4 is 5.69 Å². The molecule has 1 aromatic rings. The molecule has 3 N–H and O–H groups in total. The summed E-state index contributed by atoms with van der Waals surface area (Å²) in [6, 6.07) is 6.33. The van der Waals surface area contributed by atoms with Crippen molar-refractivity contribution in [2.75, 3.05) is 12.8 Å². The Hall–Kier alpha value is -1.22. The van der Waals surface area contributed by atoms with E-state index in [1.54, 1.807) is 7.11 Å². The van der Waals surface area contributed by atoms with E-state index in [1.165, 1.54) is 5.56 Å². The first-order valence-corrected chi connectivity index (χ1v) is 4.79. The van der Waals surface area contributed by atoms with Crippen molar-refractivity contribution in [1.29, 1.82) is 0 Å². The van der Waals surface area contributed by atoms with E-state index < -0.39 is 0 Å². The van der Waals surface area contributed by atoms with Gasteiger partial charge >= 0.3 is 0 Å². The highest BCUT2D eigenvalue weighted by Crippen LogP contribution is 2.21. The first-order valence-electron chi connectivity index (χ1n) is 4.79. The Morgan fingerprint density at radius 1 is 1.43 bits per heavy atom. The Labute approximate surface area is 85.3 Å². The maximum atomic E-state index is 5.71. The second-order valence-corrected chi connectivity index (χ2v) is 3.61. The van der Waals surface area contributed by atoms with E-state index in [1.807, 2.05) is 18.2 Å². The zero-order valence-corrected chi connectivity index (χ0v) is 9.00. The number of anilines is 1. The average Bonchev–Trinajstić information content (AvgIpc) is 2.16. The van der Waals surface area contributed by atoms with Crippen LogP contribution < -0.4 is 15.8 Å². The summed E-state index contributed by atoms with van der Waals surface area (Å²) in [5, 5.41) is 3.34. The third kappa shape index (κ3) is 2.92. The molecule has 0 amide bonds. The first-order chi connectivity index (χ1) is 6.63. The van der Waals surface area contributed by atoms with Gasteiger partial charge in [0.2, 0.25) is 0 Å². The lowest BCUT2D eigenvalue weighted by Crippen LogP contribution is -2.21. The maximum Gasteiger partial charge on any atom is 0.142 e. The zero-order valence-electron chi connectivity index (χ0n) is 9.00. The molecule has 0 radical (unpaired) electrons. The van der Waals surface area contributed by atoms with Crippen molar-refractivity contribution in [3.8, 4) is 5.75 Å². The lowest BCUT2D eigenvalue weighted by molar-refractivity contribution is 0.416. The molecule has 1 rings (SSSR count). The van der Waals surface area contributed by atoms with Crippen molar-refractivity contribution < 1.29 is 4.74 Å². The van der Waals surface area contributed by atoms with Crippen LogP contribution >= 0.6 is 0 Å². The Bertz CT molecular complexity index is 297. The number of nitrogens with two attached hydrogens (primary N) is 1. The fourth-order valence-corrected chi connectivity index (χ4v) is 1.19. The zero-order chi connectivity index (χ0) is 10.6. The van der Waals surface area contributed by atoms with Gasteiger partial charge in [-0.15, -0.1) is 0 Å². The molecule has 0 atom stereocenters. The molecule has 0 aromatic heterocycles. The molecular formula is C11H18N2O. The Balaban J connectivity index is 2.69. The fourth-order valence-electron chi connectivity index (χ4n) is 1.19. The summed E-state index contributed by atoms with van der Waals surface area (Å²) in [5.41, 5.74) is 7.58. The van der Waals surface area contributed by atoms with Crippen LogP contribution in [0, 0.1) is 0 Å². The third-order valence-corrected chi connectivity index (χ3v) is 2.01. The minimum atomic E-state index is 0.485. The van der Waals surface area contributed by atoms with Crippen molar-refractivity contribution in [1.82, 2.24) is 5.32 Å². The molecule has 14 heavy (non-hydrogen) atoms. The summed E-state index contributed by atoms with van der Waals surface area (Å²) in [4.78, 5) is 0. The van der Waals surface area contributed by atoms with Crippen LogP contribution in [0.5, 0.6) is 5.75 Å². The first kappa shape index (κ1) is 10.9. The molecule has 0 bridgehead atoms. The van der Waals surface area contributed by atoms with Crippen LogP contribution in [0.15, 0.2) is 18.2 Å². The van der Waals surface area contributed by atoms with Crippen molar-refractivity contribution in [3.05, 3.63) is 23.8 Å². The van der Waals surface area contributed by atoms with Gasteiger partial charge in [0, 0.05) is 12.6 Å². The monoisotopic (exact) mass is 194 g/mol. The molecule has 0 unspecified atom stereocenters. The predicted molar refractivity (Wildman–Crippen MR) is 59.4 cm³/mol. The number of ether oxygens (including phenoxy) is 1. The molecule has 0 aliphatic carbocycles. The van der Waals surface area contributed by atoms with E-state index >= 15 is 0 Å². The van der Waals surface area contributed by atoms with Crippen molar-refractivity contribution in [2.24, 2.45) is 0 Å². The minimum Gasteiger partial charge on any atom is -0.495 e. The Kier molecular flexibility index (Phi) is 3.77. The molecule has 0 heterocycles. The van der Waals surface area contributed by atoms with Crippen LogP contribution in [0.2, 0.25) is 0 Å². The third-order valence-electron chi connectivity index (χ3n) is 2.01. The van der Waals surface area contributed by atoms with Gasteiger partial charge in [-0.2, -0.15) is 0 Å². The molecule has 0 spiro atoms. The van der Waals surface area contributed by atoms with Crippen molar-refractivity contribution in [2.45, 2.75) is 26.4 Å². The number of nitrogens with one attached hydrogen (secondary N) is 1. The molecule has 0 saturated carbocycles. The number of hydrogen-bond donors (Lipinski definition) is 2. The van der Waals surface area contributed by atoms with E-state index in [0.29, 0.717) is 11.7 Å². The van der Waals surface area contributed by atoms with Crippen molar-refractivity contribution in [3.63, 3.8) is 0 Å². The molecule has 0 fully saturated rings. The molecule has 3 nitrogen and oxygen atoms in total. The summed E-state index contributed by atoms with van der Waals surface area (Å²) in [6.45, 7) is 5.08. The predicted octanol–water partition coefficient (Wildman–Crippen LogP) is 1.78. The Morgan fingerprint density at radius 3 is 2.71 bits per heavy atom. The van der Waals surface area contributed by atoms with Crippen LogP contribution in [0.3, 0.4) is 0 Å². The van der Waals surface area contributed by atoms with Crippen LogP contribution in [0.25, 0.3) is 0 Å². The standard InChI is InChI=1S/C11H18N2O/c1-8(2)13-7-9-4-5-10(12)11(6-9)14-3/h4-6,8,13H,7,12H2,1-3H3. The van der Waals surface area contributed by atoms with Gasteiger partial charge in [-0.1, -0.05) is 19.9 Å². The smallest absolute Gasteiger partial charge is 0.142 e. The highest BCUT2D eigenvalue weighted by atomic mass is 16.5. The minimum absolute atomic E-state index is 0.485.